The summed E-state index contributed by atoms with van der Waals surface area (Å²) in [5.74, 6) is 0.746. The van der Waals surface area contributed by atoms with Crippen molar-refractivity contribution in [3.8, 4) is 33.9 Å². The topological polar surface area (TPSA) is 25.8 Å². The molecule has 0 saturated heterocycles. The first-order valence-electron chi connectivity index (χ1n) is 8.60. The molecule has 0 spiro atoms. The van der Waals surface area contributed by atoms with Crippen molar-refractivity contribution in [1.82, 2.24) is 9.97 Å². The minimum atomic E-state index is 0.714. The molecule has 0 unspecified atom stereocenters. The molecule has 0 atom stereocenters. The number of halogens is 1. The van der Waals surface area contributed by atoms with E-state index in [-0.39, 0.29) is 0 Å². The maximum Gasteiger partial charge on any atom is 0.160 e. The molecule has 4 aromatic rings. The van der Waals surface area contributed by atoms with Crippen molar-refractivity contribution in [3.63, 3.8) is 0 Å². The van der Waals surface area contributed by atoms with Crippen LogP contribution in [0.4, 0.5) is 0 Å². The molecule has 3 heteroatoms. The van der Waals surface area contributed by atoms with Crippen molar-refractivity contribution in [2.45, 2.75) is 6.42 Å². The molecule has 3 aromatic carbocycles. The minimum Gasteiger partial charge on any atom is -0.228 e. The average Bonchev–Trinajstić information content (AvgIpc) is 3.06. The number of fused-ring (bicyclic) bond motifs is 3. The molecule has 0 radical (unpaired) electrons. The summed E-state index contributed by atoms with van der Waals surface area (Å²) in [6, 6.07) is 26.5. The Bertz CT molecular complexity index is 1120. The first kappa shape index (κ1) is 15.3. The van der Waals surface area contributed by atoms with Gasteiger partial charge in [0, 0.05) is 33.7 Å². The highest BCUT2D eigenvalue weighted by Gasteiger charge is 2.25. The van der Waals surface area contributed by atoms with Crippen molar-refractivity contribution in [3.05, 3.63) is 95.0 Å². The monoisotopic (exact) mass is 354 g/mol. The summed E-state index contributed by atoms with van der Waals surface area (Å²) in [6.45, 7) is 0. The lowest BCUT2D eigenvalue weighted by atomic mass is 10.0. The second kappa shape index (κ2) is 6.08. The van der Waals surface area contributed by atoms with Gasteiger partial charge < -0.3 is 0 Å². The molecule has 26 heavy (non-hydrogen) atoms. The number of aromatic nitrogens is 2. The van der Waals surface area contributed by atoms with Crippen LogP contribution in [-0.4, -0.2) is 9.97 Å². The summed E-state index contributed by atoms with van der Waals surface area (Å²) < 4.78 is 0. The lowest BCUT2D eigenvalue weighted by molar-refractivity contribution is 1.13. The van der Waals surface area contributed by atoms with E-state index in [2.05, 4.69) is 30.3 Å². The molecule has 1 aliphatic rings. The zero-order chi connectivity index (χ0) is 17.5. The first-order valence-corrected chi connectivity index (χ1v) is 8.98. The summed E-state index contributed by atoms with van der Waals surface area (Å²) in [7, 11) is 0. The van der Waals surface area contributed by atoms with E-state index in [0.717, 1.165) is 34.8 Å². The van der Waals surface area contributed by atoms with Crippen molar-refractivity contribution in [2.24, 2.45) is 0 Å². The third-order valence-corrected chi connectivity index (χ3v) is 5.01. The molecule has 0 aliphatic heterocycles. The van der Waals surface area contributed by atoms with Crippen LogP contribution in [-0.2, 0) is 6.42 Å². The van der Waals surface area contributed by atoms with E-state index < -0.39 is 0 Å². The van der Waals surface area contributed by atoms with Gasteiger partial charge in [-0.2, -0.15) is 0 Å². The van der Waals surface area contributed by atoms with E-state index in [0.29, 0.717) is 5.02 Å². The molecule has 5 rings (SSSR count). The van der Waals surface area contributed by atoms with Gasteiger partial charge >= 0.3 is 0 Å². The molecule has 0 fully saturated rings. The van der Waals surface area contributed by atoms with Gasteiger partial charge in [0.05, 0.1) is 11.4 Å². The van der Waals surface area contributed by atoms with Crippen molar-refractivity contribution in [2.75, 3.05) is 0 Å². The van der Waals surface area contributed by atoms with Gasteiger partial charge in [-0.15, -0.1) is 0 Å². The van der Waals surface area contributed by atoms with Crippen LogP contribution in [0.2, 0.25) is 5.02 Å². The Balaban J connectivity index is 1.80. The molecule has 0 bridgehead atoms. The zero-order valence-electron chi connectivity index (χ0n) is 14.0. The largest absolute Gasteiger partial charge is 0.228 e. The highest BCUT2D eigenvalue weighted by molar-refractivity contribution is 6.30. The fraction of sp³-hybridized carbons (Fsp3) is 0.0435. The van der Waals surface area contributed by atoms with E-state index in [1.807, 2.05) is 48.5 Å². The smallest absolute Gasteiger partial charge is 0.160 e. The second-order valence-corrected chi connectivity index (χ2v) is 6.87. The van der Waals surface area contributed by atoms with Crippen LogP contribution in [0, 0.1) is 0 Å². The third kappa shape index (κ3) is 2.51. The third-order valence-electron chi connectivity index (χ3n) is 4.78. The molecule has 1 heterocycles. The van der Waals surface area contributed by atoms with Gasteiger partial charge in [0.15, 0.2) is 5.82 Å². The zero-order valence-corrected chi connectivity index (χ0v) is 14.7. The molecule has 1 aromatic heterocycles. The van der Waals surface area contributed by atoms with Crippen molar-refractivity contribution < 1.29 is 0 Å². The fourth-order valence-corrected chi connectivity index (χ4v) is 3.75. The fourth-order valence-electron chi connectivity index (χ4n) is 3.56. The number of benzene rings is 3. The normalized spacial score (nSPS) is 11.9. The molecule has 0 amide bonds. The summed E-state index contributed by atoms with van der Waals surface area (Å²) in [5.41, 5.74) is 7.71. The Morgan fingerprint density at radius 3 is 2.27 bits per heavy atom. The number of hydrogen-bond donors (Lipinski definition) is 0. The molecular weight excluding hydrogens is 340 g/mol. The Kier molecular flexibility index (Phi) is 3.58. The molecular formula is C23H15ClN2. The van der Waals surface area contributed by atoms with Crippen LogP contribution >= 0.6 is 11.6 Å². The lowest BCUT2D eigenvalue weighted by Crippen LogP contribution is -1.99. The van der Waals surface area contributed by atoms with Crippen LogP contribution in [0.25, 0.3) is 33.9 Å². The standard InChI is InChI=1S/C23H15ClN2/c24-18-11-6-10-17(13-18)21-20-14-16-9-4-5-12-19(16)22(20)26-23(25-21)15-7-2-1-3-8-15/h1-13H,14H2. The van der Waals surface area contributed by atoms with Gasteiger partial charge in [-0.25, -0.2) is 9.97 Å². The highest BCUT2D eigenvalue weighted by Crippen LogP contribution is 2.41. The SMILES string of the molecule is Clc1cccc(-c2nc(-c3ccccc3)nc3c2Cc2ccccc2-3)c1. The van der Waals surface area contributed by atoms with Crippen molar-refractivity contribution in [1.29, 1.82) is 0 Å². The Hall–Kier alpha value is -2.97. The van der Waals surface area contributed by atoms with Gasteiger partial charge in [-0.1, -0.05) is 78.3 Å². The average molecular weight is 355 g/mol. The molecule has 0 N–H and O–H groups in total. The maximum absolute atomic E-state index is 6.25. The Labute approximate surface area is 157 Å². The van der Waals surface area contributed by atoms with Crippen LogP contribution < -0.4 is 0 Å². The first-order chi connectivity index (χ1) is 12.8. The Morgan fingerprint density at radius 2 is 1.42 bits per heavy atom. The van der Waals surface area contributed by atoms with Crippen molar-refractivity contribution >= 4 is 11.6 Å². The molecule has 0 saturated carbocycles. The van der Waals surface area contributed by atoms with Gasteiger partial charge in [0.2, 0.25) is 0 Å². The van der Waals surface area contributed by atoms with Gasteiger partial charge in [0.25, 0.3) is 0 Å². The van der Waals surface area contributed by atoms with Crippen LogP contribution in [0.15, 0.2) is 78.9 Å². The van der Waals surface area contributed by atoms with Crippen LogP contribution in [0.5, 0.6) is 0 Å². The number of hydrogen-bond acceptors (Lipinski definition) is 2. The maximum atomic E-state index is 6.25. The van der Waals surface area contributed by atoms with E-state index in [1.54, 1.807) is 0 Å². The Morgan fingerprint density at radius 1 is 0.692 bits per heavy atom. The predicted octanol–water partition coefficient (Wildman–Crippen LogP) is 6.04. The summed E-state index contributed by atoms with van der Waals surface area (Å²) in [6.07, 6.45) is 0.850. The summed E-state index contributed by atoms with van der Waals surface area (Å²) >= 11 is 6.25. The van der Waals surface area contributed by atoms with Gasteiger partial charge in [0.1, 0.15) is 0 Å². The van der Waals surface area contributed by atoms with Gasteiger partial charge in [-0.05, 0) is 17.7 Å². The van der Waals surface area contributed by atoms with E-state index in [1.165, 1.54) is 16.7 Å². The number of nitrogens with zero attached hydrogens (tertiary/aromatic N) is 2. The predicted molar refractivity (Wildman–Crippen MR) is 106 cm³/mol. The van der Waals surface area contributed by atoms with E-state index in [4.69, 9.17) is 21.6 Å². The summed E-state index contributed by atoms with van der Waals surface area (Å²) in [4.78, 5) is 9.87. The quantitative estimate of drug-likeness (QED) is 0.386. The van der Waals surface area contributed by atoms with Crippen LogP contribution in [0.1, 0.15) is 11.1 Å². The molecule has 2 nitrogen and oxygen atoms in total. The minimum absolute atomic E-state index is 0.714. The van der Waals surface area contributed by atoms with Crippen LogP contribution in [0.3, 0.4) is 0 Å². The lowest BCUT2D eigenvalue weighted by Gasteiger charge is -2.11. The molecule has 1 aliphatic carbocycles. The van der Waals surface area contributed by atoms with E-state index in [9.17, 15) is 0 Å². The second-order valence-electron chi connectivity index (χ2n) is 6.43. The van der Waals surface area contributed by atoms with Gasteiger partial charge in [-0.3, -0.25) is 0 Å². The summed E-state index contributed by atoms with van der Waals surface area (Å²) in [5, 5.41) is 0.714. The molecule has 124 valence electrons. The highest BCUT2D eigenvalue weighted by atomic mass is 35.5. The number of rotatable bonds is 2. The van der Waals surface area contributed by atoms with E-state index >= 15 is 0 Å².